The molecule has 144 valence electrons. The van der Waals surface area contributed by atoms with Crippen molar-refractivity contribution in [1.82, 2.24) is 5.32 Å². The van der Waals surface area contributed by atoms with Gasteiger partial charge in [0.2, 0.25) is 0 Å². The van der Waals surface area contributed by atoms with Gasteiger partial charge in [-0.1, -0.05) is 42.2 Å². The first-order valence-electron chi connectivity index (χ1n) is 8.11. The molecule has 1 amide bonds. The normalized spacial score (nSPS) is 16.1. The second-order valence-electron chi connectivity index (χ2n) is 5.94. The van der Waals surface area contributed by atoms with Crippen LogP contribution in [0.4, 0.5) is 4.39 Å². The summed E-state index contributed by atoms with van der Waals surface area (Å²) < 4.78 is 20.3. The van der Waals surface area contributed by atoms with Crippen molar-refractivity contribution in [2.45, 2.75) is 12.5 Å². The number of thiocarbonyl (C=S) groups is 1. The van der Waals surface area contributed by atoms with Gasteiger partial charge in [0.15, 0.2) is 11.6 Å². The van der Waals surface area contributed by atoms with Crippen LogP contribution in [-0.2, 0) is 16.0 Å². The van der Waals surface area contributed by atoms with E-state index in [1.807, 2.05) is 0 Å². The van der Waals surface area contributed by atoms with Crippen molar-refractivity contribution in [2.75, 3.05) is 0 Å². The van der Waals surface area contributed by atoms with Gasteiger partial charge in [0.1, 0.15) is 16.1 Å². The molecule has 2 aromatic carbocycles. The summed E-state index contributed by atoms with van der Waals surface area (Å²) in [6.45, 7) is 0. The minimum atomic E-state index is -1.08. The third kappa shape index (κ3) is 4.94. The Balaban J connectivity index is 1.70. The molecule has 0 saturated carbocycles. The largest absolute Gasteiger partial charge is 0.480 e. The van der Waals surface area contributed by atoms with E-state index in [-0.39, 0.29) is 18.1 Å². The van der Waals surface area contributed by atoms with Gasteiger partial charge >= 0.3 is 5.97 Å². The van der Waals surface area contributed by atoms with E-state index in [4.69, 9.17) is 27.8 Å². The number of carbonyl (C=O) groups excluding carboxylic acids is 1. The molecular weight excluding hydrogens is 403 g/mol. The second-order valence-corrected chi connectivity index (χ2v) is 7.66. The molecule has 0 aromatic heterocycles. The van der Waals surface area contributed by atoms with Gasteiger partial charge in [-0.3, -0.25) is 9.59 Å². The molecule has 0 radical (unpaired) electrons. The second kappa shape index (κ2) is 8.51. The Bertz CT molecular complexity index is 976. The monoisotopic (exact) mass is 418 g/mol. The molecule has 1 aliphatic rings. The number of halogens is 1. The summed E-state index contributed by atoms with van der Waals surface area (Å²) in [5.41, 5.74) is 6.74. The van der Waals surface area contributed by atoms with E-state index in [1.54, 1.807) is 36.4 Å². The molecule has 3 rings (SSSR count). The summed E-state index contributed by atoms with van der Waals surface area (Å²) >= 11 is 6.03. The number of nitrogens with one attached hydrogen (secondary N) is 1. The van der Waals surface area contributed by atoms with Gasteiger partial charge in [-0.15, -0.1) is 0 Å². The van der Waals surface area contributed by atoms with Crippen LogP contribution >= 0.6 is 24.0 Å². The zero-order valence-electron chi connectivity index (χ0n) is 14.3. The third-order valence-corrected chi connectivity index (χ3v) is 4.98. The number of carbonyl (C=O) groups is 2. The van der Waals surface area contributed by atoms with Crippen LogP contribution in [0, 0.1) is 5.82 Å². The van der Waals surface area contributed by atoms with Crippen LogP contribution < -0.4 is 15.8 Å². The minimum absolute atomic E-state index is 0.0242. The predicted molar refractivity (Wildman–Crippen MR) is 109 cm³/mol. The Morgan fingerprint density at radius 3 is 2.61 bits per heavy atom. The Morgan fingerprint density at radius 1 is 1.32 bits per heavy atom. The number of carboxylic acid groups (broad SMARTS) is 1. The highest BCUT2D eigenvalue weighted by molar-refractivity contribution is 8.26. The van der Waals surface area contributed by atoms with Gasteiger partial charge in [0.25, 0.3) is 5.91 Å². The molecule has 1 heterocycles. The molecule has 4 N–H and O–H groups in total. The van der Waals surface area contributed by atoms with E-state index in [9.17, 15) is 14.0 Å². The molecule has 1 saturated heterocycles. The van der Waals surface area contributed by atoms with Gasteiger partial charge in [-0.25, -0.2) is 4.39 Å². The molecule has 2 aromatic rings. The zero-order chi connectivity index (χ0) is 20.3. The first-order valence-corrected chi connectivity index (χ1v) is 9.34. The summed E-state index contributed by atoms with van der Waals surface area (Å²) in [6.07, 6.45) is 1.73. The lowest BCUT2D eigenvalue weighted by Gasteiger charge is -2.10. The highest BCUT2D eigenvalue weighted by atomic mass is 32.2. The summed E-state index contributed by atoms with van der Waals surface area (Å²) in [4.78, 5) is 22.9. The Labute approximate surface area is 169 Å². The maximum absolute atomic E-state index is 14.4. The first-order chi connectivity index (χ1) is 13.3. The topological polar surface area (TPSA) is 102 Å². The average molecular weight is 418 g/mol. The van der Waals surface area contributed by atoms with Gasteiger partial charge in [0.05, 0.1) is 4.91 Å². The predicted octanol–water partition coefficient (Wildman–Crippen LogP) is 3.06. The van der Waals surface area contributed by atoms with Crippen molar-refractivity contribution in [2.24, 2.45) is 5.73 Å². The molecule has 1 fully saturated rings. The van der Waals surface area contributed by atoms with Gasteiger partial charge in [-0.2, -0.15) is 0 Å². The smallest absolute Gasteiger partial charge is 0.320 e. The van der Waals surface area contributed by atoms with E-state index in [1.165, 1.54) is 12.1 Å². The summed E-state index contributed by atoms with van der Waals surface area (Å²) in [7, 11) is 0. The van der Waals surface area contributed by atoms with Crippen LogP contribution in [0.1, 0.15) is 11.1 Å². The number of hydrogen-bond acceptors (Lipinski definition) is 6. The maximum atomic E-state index is 14.4. The molecule has 9 heteroatoms. The van der Waals surface area contributed by atoms with Gasteiger partial charge < -0.3 is 20.9 Å². The van der Waals surface area contributed by atoms with Crippen LogP contribution in [0.15, 0.2) is 47.4 Å². The molecule has 0 spiro atoms. The zero-order valence-corrected chi connectivity index (χ0v) is 16.0. The number of ether oxygens (including phenoxy) is 1. The van der Waals surface area contributed by atoms with Gasteiger partial charge in [0, 0.05) is 0 Å². The van der Waals surface area contributed by atoms with Crippen LogP contribution in [0.5, 0.6) is 11.5 Å². The number of amides is 1. The third-order valence-electron chi connectivity index (χ3n) is 3.82. The average Bonchev–Trinajstić information content (AvgIpc) is 2.96. The molecule has 1 atom stereocenters. The molecule has 28 heavy (non-hydrogen) atoms. The standard InChI is InChI=1S/C19H15FN2O4S2/c20-13-7-11(9-16-17(23)22-19(27)28-16)3-6-15(13)26-12-4-1-10(2-5-12)8-14(21)18(24)25/h1-7,9,14H,8,21H2,(H,24,25)(H,22,23,27)/t14-/m0/s1. The van der Waals surface area contributed by atoms with Crippen LogP contribution in [-0.4, -0.2) is 27.3 Å². The van der Waals surface area contributed by atoms with Crippen molar-refractivity contribution < 1.29 is 23.8 Å². The fourth-order valence-electron chi connectivity index (χ4n) is 2.42. The lowest BCUT2D eigenvalue weighted by atomic mass is 10.1. The van der Waals surface area contributed by atoms with Crippen molar-refractivity contribution >= 4 is 46.3 Å². The number of hydrogen-bond donors (Lipinski definition) is 3. The van der Waals surface area contributed by atoms with E-state index >= 15 is 0 Å². The minimum Gasteiger partial charge on any atom is -0.480 e. The number of carboxylic acids is 1. The van der Waals surface area contributed by atoms with Crippen LogP contribution in [0.3, 0.4) is 0 Å². The van der Waals surface area contributed by atoms with E-state index < -0.39 is 17.8 Å². The number of nitrogens with two attached hydrogens (primary N) is 1. The number of rotatable bonds is 6. The molecule has 6 nitrogen and oxygen atoms in total. The number of aliphatic carboxylic acids is 1. The summed E-state index contributed by atoms with van der Waals surface area (Å²) in [5, 5.41) is 11.3. The quantitative estimate of drug-likeness (QED) is 0.489. The molecular formula is C19H15FN2O4S2. The fraction of sp³-hybridized carbons (Fsp3) is 0.105. The summed E-state index contributed by atoms with van der Waals surface area (Å²) in [6, 6.07) is 9.94. The fourth-order valence-corrected chi connectivity index (χ4v) is 3.47. The van der Waals surface area contributed by atoms with Crippen LogP contribution in [0.25, 0.3) is 6.08 Å². The van der Waals surface area contributed by atoms with Crippen molar-refractivity contribution in [3.63, 3.8) is 0 Å². The van der Waals surface area contributed by atoms with Crippen molar-refractivity contribution in [3.8, 4) is 11.5 Å². The van der Waals surface area contributed by atoms with Gasteiger partial charge in [-0.05, 0) is 47.9 Å². The summed E-state index contributed by atoms with van der Waals surface area (Å²) in [5.74, 6) is -1.55. The number of benzene rings is 2. The SMILES string of the molecule is N[C@@H](Cc1ccc(Oc2ccc(C=C3SC(=S)NC3=O)cc2F)cc1)C(=O)O. The molecule has 0 bridgehead atoms. The lowest BCUT2D eigenvalue weighted by molar-refractivity contribution is -0.138. The highest BCUT2D eigenvalue weighted by Gasteiger charge is 2.22. The van der Waals surface area contributed by atoms with Crippen LogP contribution in [0.2, 0.25) is 0 Å². The Kier molecular flexibility index (Phi) is 6.08. The molecule has 0 aliphatic carbocycles. The number of thioether (sulfide) groups is 1. The lowest BCUT2D eigenvalue weighted by Crippen LogP contribution is -2.32. The maximum Gasteiger partial charge on any atom is 0.320 e. The van der Waals surface area contributed by atoms with E-state index in [2.05, 4.69) is 5.32 Å². The molecule has 0 unspecified atom stereocenters. The highest BCUT2D eigenvalue weighted by Crippen LogP contribution is 2.29. The van der Waals surface area contributed by atoms with E-state index in [0.717, 1.165) is 17.3 Å². The van der Waals surface area contributed by atoms with E-state index in [0.29, 0.717) is 20.5 Å². The van der Waals surface area contributed by atoms with Crippen molar-refractivity contribution in [3.05, 3.63) is 64.3 Å². The first kappa shape index (κ1) is 20.0. The molecule has 1 aliphatic heterocycles. The Morgan fingerprint density at radius 2 is 2.04 bits per heavy atom. The van der Waals surface area contributed by atoms with Crippen molar-refractivity contribution in [1.29, 1.82) is 0 Å². The Hall–Kier alpha value is -2.75.